The first-order chi connectivity index (χ1) is 13.5. The third kappa shape index (κ3) is 4.22. The lowest BCUT2D eigenvalue weighted by atomic mass is 9.56. The van der Waals surface area contributed by atoms with Crippen LogP contribution in [0, 0.1) is 23.7 Å². The molecule has 3 fully saturated rings. The van der Waals surface area contributed by atoms with Crippen LogP contribution in [0.1, 0.15) is 40.0 Å². The average Bonchev–Trinajstić information content (AvgIpc) is 2.65. The summed E-state index contributed by atoms with van der Waals surface area (Å²) in [5, 5.41) is 72.4. The third-order valence-corrected chi connectivity index (χ3v) is 7.25. The predicted molar refractivity (Wildman–Crippen MR) is 100 cm³/mol. The smallest absolute Gasteiger partial charge is 0.186 e. The van der Waals surface area contributed by atoms with Gasteiger partial charge in [0.1, 0.15) is 24.4 Å². The fourth-order valence-corrected chi connectivity index (χ4v) is 5.53. The molecule has 3 rings (SSSR count). The van der Waals surface area contributed by atoms with Crippen LogP contribution in [-0.2, 0) is 9.47 Å². The summed E-state index contributed by atoms with van der Waals surface area (Å²) in [7, 11) is 0. The molecule has 12 unspecified atom stereocenters. The minimum atomic E-state index is -1.56. The van der Waals surface area contributed by atoms with E-state index in [0.29, 0.717) is 19.3 Å². The molecule has 170 valence electrons. The third-order valence-electron chi connectivity index (χ3n) is 7.25. The number of aliphatic hydroxyl groups excluding tert-OH is 6. The second-order valence-electron chi connectivity index (χ2n) is 9.58. The van der Waals surface area contributed by atoms with Gasteiger partial charge in [0.15, 0.2) is 6.29 Å². The van der Waals surface area contributed by atoms with Crippen molar-refractivity contribution in [2.24, 2.45) is 23.7 Å². The van der Waals surface area contributed by atoms with Crippen molar-refractivity contribution >= 4 is 0 Å². The lowest BCUT2D eigenvalue weighted by Gasteiger charge is -2.56. The monoisotopic (exact) mass is 420 g/mol. The number of hydrogen-bond donors (Lipinski definition) is 7. The molecule has 0 spiro atoms. The highest BCUT2D eigenvalue weighted by molar-refractivity contribution is 5.07. The van der Waals surface area contributed by atoms with E-state index in [1.807, 2.05) is 13.8 Å². The van der Waals surface area contributed by atoms with Gasteiger partial charge in [0.05, 0.1) is 30.5 Å². The number of hydrogen-bond acceptors (Lipinski definition) is 9. The Morgan fingerprint density at radius 2 is 1.69 bits per heavy atom. The second kappa shape index (κ2) is 8.64. The highest BCUT2D eigenvalue weighted by Gasteiger charge is 2.58. The first-order valence-electron chi connectivity index (χ1n) is 10.5. The molecule has 1 heterocycles. The van der Waals surface area contributed by atoms with Crippen LogP contribution in [0.5, 0.6) is 0 Å². The van der Waals surface area contributed by atoms with Gasteiger partial charge in [0.2, 0.25) is 0 Å². The largest absolute Gasteiger partial charge is 0.394 e. The van der Waals surface area contributed by atoms with E-state index in [4.69, 9.17) is 9.47 Å². The molecule has 0 aromatic carbocycles. The Hall–Kier alpha value is -0.360. The maximum Gasteiger partial charge on any atom is 0.186 e. The Kier molecular flexibility index (Phi) is 6.95. The fraction of sp³-hybridized carbons (Fsp3) is 1.00. The Bertz CT molecular complexity index is 554. The Labute approximate surface area is 170 Å². The van der Waals surface area contributed by atoms with Gasteiger partial charge < -0.3 is 45.2 Å². The molecule has 0 amide bonds. The first kappa shape index (κ1) is 23.3. The summed E-state index contributed by atoms with van der Waals surface area (Å²) in [6, 6.07) is 0. The van der Waals surface area contributed by atoms with Crippen molar-refractivity contribution in [2.75, 3.05) is 6.61 Å². The number of rotatable bonds is 4. The van der Waals surface area contributed by atoms with E-state index in [9.17, 15) is 35.7 Å². The van der Waals surface area contributed by atoms with E-state index < -0.39 is 73.1 Å². The van der Waals surface area contributed by atoms with Crippen LogP contribution < -0.4 is 0 Å². The van der Waals surface area contributed by atoms with E-state index in [2.05, 4.69) is 0 Å². The quantitative estimate of drug-likeness (QED) is 0.283. The zero-order valence-corrected chi connectivity index (χ0v) is 17.2. The highest BCUT2D eigenvalue weighted by atomic mass is 16.7. The van der Waals surface area contributed by atoms with Crippen LogP contribution in [-0.4, -0.2) is 97.0 Å². The summed E-state index contributed by atoms with van der Waals surface area (Å²) in [6.07, 6.45) is -8.24. The lowest BCUT2D eigenvalue weighted by molar-refractivity contribution is -0.336. The summed E-state index contributed by atoms with van der Waals surface area (Å²) >= 11 is 0. The zero-order chi connectivity index (χ0) is 21.7. The van der Waals surface area contributed by atoms with E-state index in [1.54, 1.807) is 6.92 Å². The summed E-state index contributed by atoms with van der Waals surface area (Å²) in [5.41, 5.74) is -1.21. The van der Waals surface area contributed by atoms with Gasteiger partial charge in [-0.15, -0.1) is 0 Å². The summed E-state index contributed by atoms with van der Waals surface area (Å²) in [5.74, 6) is -1.34. The van der Waals surface area contributed by atoms with E-state index >= 15 is 0 Å². The maximum absolute atomic E-state index is 11.1. The van der Waals surface area contributed by atoms with Gasteiger partial charge in [-0.05, 0) is 38.0 Å². The summed E-state index contributed by atoms with van der Waals surface area (Å²) < 4.78 is 11.7. The van der Waals surface area contributed by atoms with Gasteiger partial charge in [-0.2, -0.15) is 0 Å². The van der Waals surface area contributed by atoms with Crippen molar-refractivity contribution in [3.8, 4) is 0 Å². The van der Waals surface area contributed by atoms with Crippen molar-refractivity contribution in [3.05, 3.63) is 0 Å². The molecule has 1 aliphatic heterocycles. The second-order valence-corrected chi connectivity index (χ2v) is 9.58. The fourth-order valence-electron chi connectivity index (χ4n) is 5.53. The molecule has 7 N–H and O–H groups in total. The lowest BCUT2D eigenvalue weighted by Crippen LogP contribution is -2.65. The predicted octanol–water partition coefficient (Wildman–Crippen LogP) is -1.65. The molecule has 2 saturated carbocycles. The van der Waals surface area contributed by atoms with Gasteiger partial charge in [0, 0.05) is 11.8 Å². The molecule has 0 aromatic rings. The summed E-state index contributed by atoms with van der Waals surface area (Å²) in [6.45, 7) is 5.03. The minimum absolute atomic E-state index is 0.0651. The molecular formula is C20H36O9. The molecule has 0 bridgehead atoms. The normalized spacial score (nSPS) is 53.7. The van der Waals surface area contributed by atoms with Crippen LogP contribution in [0.2, 0.25) is 0 Å². The molecule has 3 aliphatic rings. The zero-order valence-electron chi connectivity index (χ0n) is 17.2. The molecular weight excluding hydrogens is 384 g/mol. The SMILES string of the molecule is CC(C)C1CC(O)C2C(O)CCC(C)(O)C2C1OC1OC(CO)C(O)C(O)C1O. The molecule has 0 radical (unpaired) electrons. The number of ether oxygens (including phenoxy) is 2. The minimum Gasteiger partial charge on any atom is -0.394 e. The standard InChI is InChI=1S/C20H36O9/c1-8(2)9-6-11(23)13-10(22)4-5-20(3,27)14(13)18(9)29-19-17(26)16(25)15(24)12(7-21)28-19/h8-19,21-27H,4-7H2,1-3H3. The topological polar surface area (TPSA) is 160 Å². The molecule has 1 saturated heterocycles. The van der Waals surface area contributed by atoms with Crippen molar-refractivity contribution < 1.29 is 45.2 Å². The van der Waals surface area contributed by atoms with E-state index in [-0.39, 0.29) is 11.8 Å². The molecule has 9 nitrogen and oxygen atoms in total. The van der Waals surface area contributed by atoms with E-state index in [1.165, 1.54) is 0 Å². The molecule has 12 atom stereocenters. The van der Waals surface area contributed by atoms with Gasteiger partial charge in [-0.3, -0.25) is 0 Å². The van der Waals surface area contributed by atoms with Crippen LogP contribution in [0.15, 0.2) is 0 Å². The van der Waals surface area contributed by atoms with Crippen LogP contribution in [0.3, 0.4) is 0 Å². The van der Waals surface area contributed by atoms with E-state index in [0.717, 1.165) is 0 Å². The van der Waals surface area contributed by atoms with Crippen molar-refractivity contribution in [1.29, 1.82) is 0 Å². The molecule has 2 aliphatic carbocycles. The van der Waals surface area contributed by atoms with Gasteiger partial charge >= 0.3 is 0 Å². The molecule has 9 heteroatoms. The first-order valence-corrected chi connectivity index (χ1v) is 10.5. The number of fused-ring (bicyclic) bond motifs is 1. The van der Waals surface area contributed by atoms with Gasteiger partial charge in [-0.25, -0.2) is 0 Å². The Balaban J connectivity index is 1.92. The average molecular weight is 420 g/mol. The van der Waals surface area contributed by atoms with Crippen molar-refractivity contribution in [2.45, 2.75) is 94.7 Å². The maximum atomic E-state index is 11.1. The van der Waals surface area contributed by atoms with Crippen molar-refractivity contribution in [1.82, 2.24) is 0 Å². The Morgan fingerprint density at radius 1 is 1.03 bits per heavy atom. The summed E-state index contributed by atoms with van der Waals surface area (Å²) in [4.78, 5) is 0. The molecule has 29 heavy (non-hydrogen) atoms. The van der Waals surface area contributed by atoms with Crippen molar-refractivity contribution in [3.63, 3.8) is 0 Å². The van der Waals surface area contributed by atoms with Gasteiger partial charge in [0.25, 0.3) is 0 Å². The highest BCUT2D eigenvalue weighted by Crippen LogP contribution is 2.51. The van der Waals surface area contributed by atoms with Crippen LogP contribution in [0.4, 0.5) is 0 Å². The number of aliphatic hydroxyl groups is 7. The van der Waals surface area contributed by atoms with Crippen LogP contribution >= 0.6 is 0 Å². The molecule has 0 aromatic heterocycles. The van der Waals surface area contributed by atoms with Crippen LogP contribution in [0.25, 0.3) is 0 Å². The Morgan fingerprint density at radius 3 is 2.28 bits per heavy atom. The van der Waals surface area contributed by atoms with Gasteiger partial charge in [-0.1, -0.05) is 13.8 Å².